The molecular formula is C27H28N6O3S. The van der Waals surface area contributed by atoms with Gasteiger partial charge < -0.3 is 15.1 Å². The second-order valence-electron chi connectivity index (χ2n) is 8.93. The molecule has 1 aromatic carbocycles. The Balaban J connectivity index is 1.35. The lowest BCUT2D eigenvalue weighted by atomic mass is 10.1. The van der Waals surface area contributed by atoms with Crippen molar-refractivity contribution in [1.82, 2.24) is 19.8 Å². The number of nitriles is 1. The fraction of sp³-hybridized carbons (Fsp3) is 0.333. The van der Waals surface area contributed by atoms with Crippen LogP contribution in [0.4, 0.5) is 5.13 Å². The second-order valence-corrected chi connectivity index (χ2v) is 9.79. The van der Waals surface area contributed by atoms with Crippen molar-refractivity contribution in [2.24, 2.45) is 0 Å². The van der Waals surface area contributed by atoms with Crippen molar-refractivity contribution in [3.05, 3.63) is 76.6 Å². The van der Waals surface area contributed by atoms with Gasteiger partial charge in [-0.05, 0) is 43.0 Å². The van der Waals surface area contributed by atoms with Gasteiger partial charge in [0.05, 0.1) is 24.6 Å². The van der Waals surface area contributed by atoms with E-state index < -0.39 is 0 Å². The third-order valence-electron chi connectivity index (χ3n) is 6.01. The number of hydrogen-bond acceptors (Lipinski definition) is 7. The van der Waals surface area contributed by atoms with E-state index in [0.29, 0.717) is 29.5 Å². The number of amides is 3. The predicted molar refractivity (Wildman–Crippen MR) is 140 cm³/mol. The summed E-state index contributed by atoms with van der Waals surface area (Å²) in [6.45, 7) is 2.49. The van der Waals surface area contributed by atoms with Crippen LogP contribution in [-0.2, 0) is 22.6 Å². The molecule has 190 valence electrons. The molecule has 0 unspecified atom stereocenters. The van der Waals surface area contributed by atoms with Crippen molar-refractivity contribution in [2.75, 3.05) is 18.4 Å². The van der Waals surface area contributed by atoms with Crippen molar-refractivity contribution in [1.29, 1.82) is 5.26 Å². The summed E-state index contributed by atoms with van der Waals surface area (Å²) < 4.78 is 0. The number of hydrogen-bond donors (Lipinski definition) is 1. The summed E-state index contributed by atoms with van der Waals surface area (Å²) in [5.74, 6) is -0.633. The molecule has 1 fully saturated rings. The number of aryl methyl sites for hydroxylation is 1. The van der Waals surface area contributed by atoms with Crippen LogP contribution in [0, 0.1) is 18.3 Å². The third kappa shape index (κ3) is 7.21. The van der Waals surface area contributed by atoms with Crippen molar-refractivity contribution in [3.63, 3.8) is 0 Å². The summed E-state index contributed by atoms with van der Waals surface area (Å²) in [5.41, 5.74) is 2.89. The van der Waals surface area contributed by atoms with Crippen LogP contribution in [0.3, 0.4) is 0 Å². The van der Waals surface area contributed by atoms with Gasteiger partial charge in [-0.1, -0.05) is 24.3 Å². The topological polar surface area (TPSA) is 119 Å². The summed E-state index contributed by atoms with van der Waals surface area (Å²) in [6, 6.07) is 13.2. The monoisotopic (exact) mass is 516 g/mol. The average molecular weight is 517 g/mol. The molecular weight excluding hydrogens is 488 g/mol. The molecule has 0 spiro atoms. The van der Waals surface area contributed by atoms with Crippen LogP contribution in [-0.4, -0.2) is 56.6 Å². The number of nitrogens with one attached hydrogen (secondary N) is 1. The van der Waals surface area contributed by atoms with E-state index >= 15 is 0 Å². The number of rotatable bonds is 11. The number of benzene rings is 1. The zero-order chi connectivity index (χ0) is 26.2. The highest BCUT2D eigenvalue weighted by molar-refractivity contribution is 7.13. The maximum Gasteiger partial charge on any atom is 0.254 e. The molecule has 3 amide bonds. The lowest BCUT2D eigenvalue weighted by Crippen LogP contribution is -2.39. The largest absolute Gasteiger partial charge is 0.337 e. The van der Waals surface area contributed by atoms with E-state index in [4.69, 9.17) is 5.26 Å². The summed E-state index contributed by atoms with van der Waals surface area (Å²) in [6.07, 6.45) is 5.41. The maximum absolute atomic E-state index is 13.1. The van der Waals surface area contributed by atoms with Gasteiger partial charge in [-0.2, -0.15) is 5.26 Å². The molecule has 4 rings (SSSR count). The van der Waals surface area contributed by atoms with Gasteiger partial charge >= 0.3 is 0 Å². The van der Waals surface area contributed by atoms with Gasteiger partial charge in [0.2, 0.25) is 11.8 Å². The molecule has 0 aliphatic heterocycles. The molecule has 2 heterocycles. The molecule has 10 heteroatoms. The molecule has 1 saturated carbocycles. The van der Waals surface area contributed by atoms with E-state index in [1.54, 1.807) is 39.7 Å². The number of pyridine rings is 1. The van der Waals surface area contributed by atoms with Crippen molar-refractivity contribution in [2.45, 2.75) is 45.2 Å². The minimum atomic E-state index is -0.326. The Hall–Kier alpha value is -4.10. The molecule has 0 atom stereocenters. The van der Waals surface area contributed by atoms with Crippen molar-refractivity contribution in [3.8, 4) is 6.07 Å². The molecule has 1 aliphatic rings. The van der Waals surface area contributed by atoms with Gasteiger partial charge in [-0.25, -0.2) is 4.98 Å². The van der Waals surface area contributed by atoms with Crippen LogP contribution in [0.1, 0.15) is 46.4 Å². The molecule has 3 aromatic rings. The Labute approximate surface area is 219 Å². The van der Waals surface area contributed by atoms with Crippen molar-refractivity contribution < 1.29 is 14.4 Å². The van der Waals surface area contributed by atoms with Gasteiger partial charge in [0.1, 0.15) is 6.54 Å². The Morgan fingerprint density at radius 2 is 2.00 bits per heavy atom. The van der Waals surface area contributed by atoms with Crippen LogP contribution in [0.25, 0.3) is 0 Å². The first-order valence-corrected chi connectivity index (χ1v) is 13.0. The van der Waals surface area contributed by atoms with E-state index in [0.717, 1.165) is 24.0 Å². The minimum absolute atomic E-state index is 0.0536. The quantitative estimate of drug-likeness (QED) is 0.416. The molecule has 1 aliphatic carbocycles. The van der Waals surface area contributed by atoms with Crippen LogP contribution in [0.15, 0.2) is 54.2 Å². The molecule has 0 bridgehead atoms. The van der Waals surface area contributed by atoms with E-state index in [9.17, 15) is 14.4 Å². The second kappa shape index (κ2) is 12.2. The number of aromatic nitrogens is 2. The van der Waals surface area contributed by atoms with Gasteiger partial charge in [0, 0.05) is 42.5 Å². The Morgan fingerprint density at radius 1 is 1.19 bits per heavy atom. The normalized spacial score (nSPS) is 12.4. The Kier molecular flexibility index (Phi) is 8.59. The molecule has 2 aromatic heterocycles. The van der Waals surface area contributed by atoms with E-state index in [1.165, 1.54) is 11.3 Å². The zero-order valence-corrected chi connectivity index (χ0v) is 21.4. The molecule has 1 N–H and O–H groups in total. The van der Waals surface area contributed by atoms with Gasteiger partial charge in [-0.3, -0.25) is 19.4 Å². The van der Waals surface area contributed by atoms with Crippen LogP contribution >= 0.6 is 11.3 Å². The number of carbonyl (C=O) groups excluding carboxylic acids is 3. The third-order valence-corrected chi connectivity index (χ3v) is 6.82. The Bertz CT molecular complexity index is 1300. The zero-order valence-electron chi connectivity index (χ0n) is 20.6. The van der Waals surface area contributed by atoms with E-state index in [-0.39, 0.29) is 43.1 Å². The predicted octanol–water partition coefficient (Wildman–Crippen LogP) is 3.57. The first-order chi connectivity index (χ1) is 17.9. The lowest BCUT2D eigenvalue weighted by Gasteiger charge is -2.22. The number of anilines is 1. The summed E-state index contributed by atoms with van der Waals surface area (Å²) in [7, 11) is 0. The molecule has 37 heavy (non-hydrogen) atoms. The lowest BCUT2D eigenvalue weighted by molar-refractivity contribution is -0.131. The summed E-state index contributed by atoms with van der Waals surface area (Å²) in [4.78, 5) is 50.6. The van der Waals surface area contributed by atoms with Gasteiger partial charge in [0.25, 0.3) is 5.91 Å². The smallest absolute Gasteiger partial charge is 0.254 e. The average Bonchev–Trinajstić information content (AvgIpc) is 3.65. The van der Waals surface area contributed by atoms with E-state index in [1.807, 2.05) is 31.2 Å². The summed E-state index contributed by atoms with van der Waals surface area (Å²) >= 11 is 1.23. The molecule has 9 nitrogen and oxygen atoms in total. The highest BCUT2D eigenvalue weighted by Crippen LogP contribution is 2.29. The Morgan fingerprint density at radius 3 is 2.70 bits per heavy atom. The van der Waals surface area contributed by atoms with Crippen molar-refractivity contribution >= 4 is 34.2 Å². The highest BCUT2D eigenvalue weighted by atomic mass is 32.1. The first kappa shape index (κ1) is 26.0. The molecule has 0 radical (unpaired) electrons. The number of nitrogens with zero attached hydrogens (tertiary/aromatic N) is 5. The van der Waals surface area contributed by atoms with Gasteiger partial charge in [0.15, 0.2) is 5.13 Å². The number of carbonyl (C=O) groups is 3. The fourth-order valence-electron chi connectivity index (χ4n) is 3.94. The number of thiazole rings is 1. The minimum Gasteiger partial charge on any atom is -0.337 e. The van der Waals surface area contributed by atoms with Crippen LogP contribution in [0.5, 0.6) is 0 Å². The maximum atomic E-state index is 13.1. The first-order valence-electron chi connectivity index (χ1n) is 12.1. The SMILES string of the molecule is Cc1ccccc1C(=O)N(CC(=O)Nc1nc(CC(=O)N(CCC#N)Cc2cccnc2)cs1)C1CC1. The standard InChI is InChI=1S/C27H28N6O3S/c1-19-6-2-3-8-23(19)26(36)33(22-9-10-22)17-24(34)31-27-30-21(18-37-27)14-25(35)32(13-5-11-28)16-20-7-4-12-29-15-20/h2-4,6-8,12,15,18,22H,5,9-10,13-14,16-17H2,1H3,(H,30,31,34). The van der Waals surface area contributed by atoms with E-state index in [2.05, 4.69) is 21.4 Å². The highest BCUT2D eigenvalue weighted by Gasteiger charge is 2.34. The summed E-state index contributed by atoms with van der Waals surface area (Å²) in [5, 5.41) is 13.9. The van der Waals surface area contributed by atoms with Gasteiger partial charge in [-0.15, -0.1) is 11.3 Å². The van der Waals surface area contributed by atoms with Crippen LogP contribution < -0.4 is 5.32 Å². The fourth-order valence-corrected chi connectivity index (χ4v) is 4.66. The molecule has 0 saturated heterocycles. The van der Waals surface area contributed by atoms with Crippen LogP contribution in [0.2, 0.25) is 0 Å².